The van der Waals surface area contributed by atoms with Crippen LogP contribution in [0.1, 0.15) is 30.1 Å². The Bertz CT molecular complexity index is 540. The van der Waals surface area contributed by atoms with E-state index in [4.69, 9.17) is 11.6 Å². The monoisotopic (exact) mass is 320 g/mol. The number of benzene rings is 1. The van der Waals surface area contributed by atoms with Crippen LogP contribution >= 0.6 is 11.6 Å². The van der Waals surface area contributed by atoms with Crippen LogP contribution in [0.2, 0.25) is 0 Å². The summed E-state index contributed by atoms with van der Waals surface area (Å²) in [5.74, 6) is -2.85. The molecule has 0 radical (unpaired) electrons. The fraction of sp³-hybridized carbons (Fsp3) is 0.462. The number of nitrogens with zero attached hydrogens (tertiary/aromatic N) is 1. The molecule has 1 unspecified atom stereocenters. The Balaban J connectivity index is 2.74. The van der Waals surface area contributed by atoms with Crippen molar-refractivity contribution < 1.29 is 18.5 Å². The van der Waals surface area contributed by atoms with Gasteiger partial charge in [-0.25, -0.2) is 4.39 Å². The standard InChI is InChI=1S/C13H15ClF2N2O3/c1-8(7-14)3-2-6-17-13(19)11-9(15)4-5-10(12(11)16)18(20)21/h4-5,8H,2-3,6-7H2,1H3,(H,17,19). The number of rotatable bonds is 7. The van der Waals surface area contributed by atoms with Crippen LogP contribution in [0.5, 0.6) is 0 Å². The fourth-order valence-electron chi connectivity index (χ4n) is 1.71. The first-order valence-electron chi connectivity index (χ1n) is 6.35. The smallest absolute Gasteiger partial charge is 0.305 e. The summed E-state index contributed by atoms with van der Waals surface area (Å²) in [5.41, 5.74) is -1.87. The molecule has 0 bridgehead atoms. The van der Waals surface area contributed by atoms with Gasteiger partial charge in [-0.05, 0) is 24.8 Å². The highest BCUT2D eigenvalue weighted by molar-refractivity contribution is 6.18. The van der Waals surface area contributed by atoms with Crippen LogP contribution < -0.4 is 5.32 Å². The molecule has 1 N–H and O–H groups in total. The molecule has 1 atom stereocenters. The summed E-state index contributed by atoms with van der Waals surface area (Å²) in [6.07, 6.45) is 1.35. The number of halogens is 3. The quantitative estimate of drug-likeness (QED) is 0.363. The van der Waals surface area contributed by atoms with Crippen LogP contribution in [-0.4, -0.2) is 23.3 Å². The van der Waals surface area contributed by atoms with Crippen molar-refractivity contribution in [2.45, 2.75) is 19.8 Å². The molecule has 0 spiro atoms. The average molecular weight is 321 g/mol. The highest BCUT2D eigenvalue weighted by Crippen LogP contribution is 2.22. The maximum absolute atomic E-state index is 13.8. The van der Waals surface area contributed by atoms with E-state index in [1.165, 1.54) is 0 Å². The molecule has 1 aromatic carbocycles. The second-order valence-corrected chi connectivity index (χ2v) is 4.98. The van der Waals surface area contributed by atoms with Crippen LogP contribution in [0.15, 0.2) is 12.1 Å². The summed E-state index contributed by atoms with van der Waals surface area (Å²) >= 11 is 5.63. The second kappa shape index (κ2) is 7.87. The lowest BCUT2D eigenvalue weighted by atomic mass is 10.1. The second-order valence-electron chi connectivity index (χ2n) is 4.67. The lowest BCUT2D eigenvalue weighted by Gasteiger charge is -2.09. The molecule has 21 heavy (non-hydrogen) atoms. The normalized spacial score (nSPS) is 12.0. The first-order chi connectivity index (χ1) is 9.88. The largest absolute Gasteiger partial charge is 0.352 e. The Morgan fingerprint density at radius 2 is 2.14 bits per heavy atom. The molecule has 1 rings (SSSR count). The zero-order chi connectivity index (χ0) is 16.0. The van der Waals surface area contributed by atoms with E-state index in [0.29, 0.717) is 24.4 Å². The lowest BCUT2D eigenvalue weighted by molar-refractivity contribution is -0.387. The molecule has 0 heterocycles. The van der Waals surface area contributed by atoms with Gasteiger partial charge in [-0.3, -0.25) is 14.9 Å². The number of amides is 1. The van der Waals surface area contributed by atoms with Crippen molar-refractivity contribution in [3.05, 3.63) is 39.4 Å². The minimum absolute atomic E-state index is 0.210. The van der Waals surface area contributed by atoms with Gasteiger partial charge in [0.15, 0.2) is 0 Å². The van der Waals surface area contributed by atoms with Gasteiger partial charge in [-0.15, -0.1) is 11.6 Å². The van der Waals surface area contributed by atoms with Crippen molar-refractivity contribution >= 4 is 23.2 Å². The summed E-state index contributed by atoms with van der Waals surface area (Å²) in [7, 11) is 0. The molecule has 0 aliphatic heterocycles. The van der Waals surface area contributed by atoms with Crippen molar-refractivity contribution in [1.29, 1.82) is 0 Å². The van der Waals surface area contributed by atoms with E-state index in [9.17, 15) is 23.7 Å². The maximum Gasteiger partial charge on any atom is 0.305 e. The van der Waals surface area contributed by atoms with Crippen LogP contribution in [0, 0.1) is 27.7 Å². The summed E-state index contributed by atoms with van der Waals surface area (Å²) in [6, 6.07) is 1.38. The van der Waals surface area contributed by atoms with Crippen LogP contribution in [0.25, 0.3) is 0 Å². The van der Waals surface area contributed by atoms with E-state index >= 15 is 0 Å². The van der Waals surface area contributed by atoms with E-state index in [0.717, 1.165) is 6.42 Å². The van der Waals surface area contributed by atoms with E-state index in [-0.39, 0.29) is 12.5 Å². The number of carbonyl (C=O) groups is 1. The van der Waals surface area contributed by atoms with Gasteiger partial charge in [0.25, 0.3) is 5.91 Å². The summed E-state index contributed by atoms with van der Waals surface area (Å²) in [4.78, 5) is 21.3. The van der Waals surface area contributed by atoms with Crippen LogP contribution in [0.3, 0.4) is 0 Å². The Morgan fingerprint density at radius 1 is 1.48 bits per heavy atom. The molecule has 116 valence electrons. The molecular weight excluding hydrogens is 306 g/mol. The fourth-order valence-corrected chi connectivity index (χ4v) is 1.86. The number of nitro groups is 1. The zero-order valence-corrected chi connectivity index (χ0v) is 12.1. The summed E-state index contributed by atoms with van der Waals surface area (Å²) < 4.78 is 27.3. The Kier molecular flexibility index (Phi) is 6.48. The molecular formula is C13H15ClF2N2O3. The van der Waals surface area contributed by atoms with Gasteiger partial charge in [0, 0.05) is 18.5 Å². The van der Waals surface area contributed by atoms with E-state index < -0.39 is 33.7 Å². The Labute approximate surface area is 125 Å². The number of alkyl halides is 1. The predicted octanol–water partition coefficient (Wildman–Crippen LogP) is 3.26. The number of hydrogen-bond donors (Lipinski definition) is 1. The molecule has 0 saturated heterocycles. The molecule has 0 saturated carbocycles. The molecule has 0 aliphatic rings. The highest BCUT2D eigenvalue weighted by Gasteiger charge is 2.25. The van der Waals surface area contributed by atoms with Crippen LogP contribution in [-0.2, 0) is 0 Å². The predicted molar refractivity (Wildman–Crippen MR) is 74.5 cm³/mol. The molecule has 0 aliphatic carbocycles. The molecule has 0 aromatic heterocycles. The zero-order valence-electron chi connectivity index (χ0n) is 11.4. The van der Waals surface area contributed by atoms with Crippen molar-refractivity contribution in [3.8, 4) is 0 Å². The third-order valence-corrected chi connectivity index (χ3v) is 3.44. The van der Waals surface area contributed by atoms with Gasteiger partial charge in [0.2, 0.25) is 5.82 Å². The maximum atomic E-state index is 13.8. The van der Waals surface area contributed by atoms with Gasteiger partial charge < -0.3 is 5.32 Å². The van der Waals surface area contributed by atoms with E-state index in [2.05, 4.69) is 5.32 Å². The third-order valence-electron chi connectivity index (χ3n) is 2.92. The molecule has 0 fully saturated rings. The molecule has 1 aromatic rings. The first kappa shape index (κ1) is 17.3. The van der Waals surface area contributed by atoms with Gasteiger partial charge in [-0.2, -0.15) is 4.39 Å². The summed E-state index contributed by atoms with van der Waals surface area (Å²) in [6.45, 7) is 2.15. The first-order valence-corrected chi connectivity index (χ1v) is 6.88. The number of carbonyl (C=O) groups excluding carboxylic acids is 1. The molecule has 1 amide bonds. The Hall–Kier alpha value is -1.76. The highest BCUT2D eigenvalue weighted by atomic mass is 35.5. The molecule has 5 nitrogen and oxygen atoms in total. The van der Waals surface area contributed by atoms with Crippen molar-refractivity contribution in [2.24, 2.45) is 5.92 Å². The minimum atomic E-state index is -1.47. The summed E-state index contributed by atoms with van der Waals surface area (Å²) in [5, 5.41) is 12.9. The molecule has 8 heteroatoms. The van der Waals surface area contributed by atoms with Crippen LogP contribution in [0.4, 0.5) is 14.5 Å². The number of hydrogen-bond acceptors (Lipinski definition) is 3. The minimum Gasteiger partial charge on any atom is -0.352 e. The van der Waals surface area contributed by atoms with Crippen molar-refractivity contribution in [1.82, 2.24) is 5.32 Å². The topological polar surface area (TPSA) is 72.2 Å². The number of nitro benzene ring substituents is 1. The van der Waals surface area contributed by atoms with Crippen molar-refractivity contribution in [3.63, 3.8) is 0 Å². The van der Waals surface area contributed by atoms with Gasteiger partial charge >= 0.3 is 5.69 Å². The SMILES string of the molecule is CC(CCl)CCCNC(=O)c1c(F)ccc([N+](=O)[O-])c1F. The lowest BCUT2D eigenvalue weighted by Crippen LogP contribution is -2.27. The van der Waals surface area contributed by atoms with Crippen molar-refractivity contribution in [2.75, 3.05) is 12.4 Å². The van der Waals surface area contributed by atoms with Gasteiger partial charge in [-0.1, -0.05) is 6.92 Å². The third kappa shape index (κ3) is 4.63. The van der Waals surface area contributed by atoms with E-state index in [1.54, 1.807) is 0 Å². The van der Waals surface area contributed by atoms with Gasteiger partial charge in [0.05, 0.1) is 4.92 Å². The number of nitrogens with one attached hydrogen (secondary N) is 1. The van der Waals surface area contributed by atoms with Gasteiger partial charge in [0.1, 0.15) is 11.4 Å². The Morgan fingerprint density at radius 3 is 2.71 bits per heavy atom. The average Bonchev–Trinajstić information content (AvgIpc) is 2.42. The van der Waals surface area contributed by atoms with E-state index in [1.807, 2.05) is 6.92 Å².